The number of hydrogen-bond acceptors (Lipinski definition) is 3. The summed E-state index contributed by atoms with van der Waals surface area (Å²) in [5, 5.41) is 9.53. The number of pyridine rings is 1. The molecule has 0 spiro atoms. The normalized spacial score (nSPS) is 12.2. The van der Waals surface area contributed by atoms with Gasteiger partial charge in [-0.25, -0.2) is 0 Å². The van der Waals surface area contributed by atoms with Crippen LogP contribution in [0.2, 0.25) is 0 Å². The monoisotopic (exact) mass is 257 g/mol. The molecule has 0 saturated carbocycles. The zero-order valence-electron chi connectivity index (χ0n) is 11.6. The topological polar surface area (TPSA) is 42.4 Å². The second kappa shape index (κ2) is 5.85. The second-order valence-electron chi connectivity index (χ2n) is 4.86. The average molecular weight is 257 g/mol. The summed E-state index contributed by atoms with van der Waals surface area (Å²) < 4.78 is 5.79. The molecule has 1 heterocycles. The molecule has 0 unspecified atom stereocenters. The lowest BCUT2D eigenvalue weighted by atomic mass is 10.1. The van der Waals surface area contributed by atoms with Gasteiger partial charge in [-0.05, 0) is 55.7 Å². The zero-order valence-corrected chi connectivity index (χ0v) is 11.6. The first-order chi connectivity index (χ1) is 9.06. The van der Waals surface area contributed by atoms with Crippen LogP contribution < -0.4 is 4.74 Å². The van der Waals surface area contributed by atoms with Crippen molar-refractivity contribution in [1.82, 2.24) is 4.98 Å². The third kappa shape index (κ3) is 3.55. The first kappa shape index (κ1) is 13.6. The van der Waals surface area contributed by atoms with Crippen LogP contribution in [0.25, 0.3) is 0 Å². The van der Waals surface area contributed by atoms with Gasteiger partial charge in [0.05, 0.1) is 6.10 Å². The van der Waals surface area contributed by atoms with Gasteiger partial charge in [0.25, 0.3) is 0 Å². The van der Waals surface area contributed by atoms with E-state index in [1.165, 1.54) is 0 Å². The van der Waals surface area contributed by atoms with Crippen LogP contribution >= 0.6 is 0 Å². The smallest absolute Gasteiger partial charge is 0.122 e. The number of aliphatic hydroxyl groups is 1. The molecule has 1 N–H and O–H groups in total. The Kier molecular flexibility index (Phi) is 4.17. The van der Waals surface area contributed by atoms with Crippen molar-refractivity contribution in [1.29, 1.82) is 0 Å². The molecule has 0 aliphatic carbocycles. The van der Waals surface area contributed by atoms with E-state index in [4.69, 9.17) is 4.74 Å². The fourth-order valence-electron chi connectivity index (χ4n) is 1.95. The van der Waals surface area contributed by atoms with E-state index < -0.39 is 6.10 Å². The quantitative estimate of drug-likeness (QED) is 0.913. The van der Waals surface area contributed by atoms with Gasteiger partial charge in [0.2, 0.25) is 0 Å². The Morgan fingerprint density at radius 2 is 2.00 bits per heavy atom. The van der Waals surface area contributed by atoms with E-state index >= 15 is 0 Å². The Labute approximate surface area is 113 Å². The lowest BCUT2D eigenvalue weighted by Gasteiger charge is -2.12. The van der Waals surface area contributed by atoms with Gasteiger partial charge in [0.1, 0.15) is 12.4 Å². The minimum atomic E-state index is -0.450. The van der Waals surface area contributed by atoms with Crippen LogP contribution in [0.4, 0.5) is 0 Å². The lowest BCUT2D eigenvalue weighted by molar-refractivity contribution is 0.199. The fourth-order valence-corrected chi connectivity index (χ4v) is 1.95. The number of aryl methyl sites for hydroxylation is 2. The third-order valence-electron chi connectivity index (χ3n) is 3.01. The van der Waals surface area contributed by atoms with Crippen LogP contribution in [-0.2, 0) is 6.61 Å². The maximum absolute atomic E-state index is 9.53. The van der Waals surface area contributed by atoms with Gasteiger partial charge in [0, 0.05) is 18.0 Å². The van der Waals surface area contributed by atoms with Gasteiger partial charge in [-0.1, -0.05) is 6.07 Å². The summed E-state index contributed by atoms with van der Waals surface area (Å²) in [6.45, 7) is 6.26. The van der Waals surface area contributed by atoms with E-state index in [0.29, 0.717) is 6.61 Å². The highest BCUT2D eigenvalue weighted by Gasteiger charge is 2.05. The van der Waals surface area contributed by atoms with Crippen molar-refractivity contribution in [2.24, 2.45) is 0 Å². The number of nitrogens with zero attached hydrogens (tertiary/aromatic N) is 1. The summed E-state index contributed by atoms with van der Waals surface area (Å²) in [5.41, 5.74) is 4.11. The summed E-state index contributed by atoms with van der Waals surface area (Å²) in [6, 6.07) is 7.81. The second-order valence-corrected chi connectivity index (χ2v) is 4.86. The molecule has 0 fully saturated rings. The first-order valence-electron chi connectivity index (χ1n) is 6.38. The minimum Gasteiger partial charge on any atom is -0.489 e. The number of aromatic nitrogens is 1. The highest BCUT2D eigenvalue weighted by atomic mass is 16.5. The first-order valence-corrected chi connectivity index (χ1v) is 6.38. The molecule has 2 aromatic rings. The van der Waals surface area contributed by atoms with E-state index in [0.717, 1.165) is 28.0 Å². The fraction of sp³-hybridized carbons (Fsp3) is 0.312. The van der Waals surface area contributed by atoms with Crippen molar-refractivity contribution < 1.29 is 9.84 Å². The van der Waals surface area contributed by atoms with Gasteiger partial charge in [-0.15, -0.1) is 0 Å². The number of benzene rings is 1. The van der Waals surface area contributed by atoms with Crippen LogP contribution in [0.3, 0.4) is 0 Å². The van der Waals surface area contributed by atoms with Crippen LogP contribution in [0.15, 0.2) is 36.7 Å². The molecule has 0 saturated heterocycles. The molecule has 0 aliphatic rings. The Balaban J connectivity index is 2.07. The summed E-state index contributed by atoms with van der Waals surface area (Å²) >= 11 is 0. The zero-order chi connectivity index (χ0) is 13.8. The molecule has 0 radical (unpaired) electrons. The lowest BCUT2D eigenvalue weighted by Crippen LogP contribution is -1.99. The van der Waals surface area contributed by atoms with Gasteiger partial charge in [-0.2, -0.15) is 0 Å². The third-order valence-corrected chi connectivity index (χ3v) is 3.01. The highest BCUT2D eigenvalue weighted by molar-refractivity contribution is 5.37. The molecule has 0 bridgehead atoms. The molecule has 2 rings (SSSR count). The SMILES string of the molecule is Cc1cncc(COc2ccc([C@@H](C)O)cc2C)c1. The maximum atomic E-state index is 9.53. The van der Waals surface area contributed by atoms with Gasteiger partial charge in [0.15, 0.2) is 0 Å². The van der Waals surface area contributed by atoms with E-state index in [9.17, 15) is 5.11 Å². The van der Waals surface area contributed by atoms with Gasteiger partial charge in [-0.3, -0.25) is 4.98 Å². The number of rotatable bonds is 4. The van der Waals surface area contributed by atoms with E-state index in [1.807, 2.05) is 44.4 Å². The molecular weight excluding hydrogens is 238 g/mol. The van der Waals surface area contributed by atoms with E-state index in [2.05, 4.69) is 11.1 Å². The minimum absolute atomic E-state index is 0.450. The summed E-state index contributed by atoms with van der Waals surface area (Å²) in [7, 11) is 0. The van der Waals surface area contributed by atoms with Crippen molar-refractivity contribution in [2.75, 3.05) is 0 Å². The van der Waals surface area contributed by atoms with Crippen LogP contribution in [-0.4, -0.2) is 10.1 Å². The van der Waals surface area contributed by atoms with Crippen molar-refractivity contribution >= 4 is 0 Å². The van der Waals surface area contributed by atoms with Crippen LogP contribution in [0.5, 0.6) is 5.75 Å². The van der Waals surface area contributed by atoms with E-state index in [-0.39, 0.29) is 0 Å². The Morgan fingerprint density at radius 1 is 1.21 bits per heavy atom. The molecule has 1 atom stereocenters. The molecule has 1 aromatic heterocycles. The number of ether oxygens (including phenoxy) is 1. The molecule has 0 amide bonds. The largest absolute Gasteiger partial charge is 0.489 e. The van der Waals surface area contributed by atoms with Crippen LogP contribution in [0.1, 0.15) is 35.3 Å². The predicted molar refractivity (Wildman–Crippen MR) is 75.1 cm³/mol. The molecule has 1 aromatic carbocycles. The maximum Gasteiger partial charge on any atom is 0.122 e. The standard InChI is InChI=1S/C16H19NO2/c1-11-6-14(9-17-8-11)10-19-16-5-4-15(13(3)18)7-12(16)2/h4-9,13,18H,10H2,1-3H3/t13-/m1/s1. The summed E-state index contributed by atoms with van der Waals surface area (Å²) in [5.74, 6) is 0.839. The van der Waals surface area contributed by atoms with Gasteiger partial charge < -0.3 is 9.84 Å². The van der Waals surface area contributed by atoms with E-state index in [1.54, 1.807) is 6.92 Å². The number of aliphatic hydroxyl groups excluding tert-OH is 1. The summed E-state index contributed by atoms with van der Waals surface area (Å²) in [4.78, 5) is 4.14. The van der Waals surface area contributed by atoms with Crippen molar-refractivity contribution in [3.8, 4) is 5.75 Å². The Hall–Kier alpha value is -1.87. The van der Waals surface area contributed by atoms with Crippen LogP contribution in [0, 0.1) is 13.8 Å². The molecular formula is C16H19NO2. The molecule has 100 valence electrons. The average Bonchev–Trinajstić information content (AvgIpc) is 2.37. The Bertz CT molecular complexity index is 564. The highest BCUT2D eigenvalue weighted by Crippen LogP contribution is 2.23. The predicted octanol–water partition coefficient (Wildman–Crippen LogP) is 3.33. The Morgan fingerprint density at radius 3 is 2.63 bits per heavy atom. The van der Waals surface area contributed by atoms with Crippen molar-refractivity contribution in [3.63, 3.8) is 0 Å². The molecule has 19 heavy (non-hydrogen) atoms. The molecule has 3 nitrogen and oxygen atoms in total. The number of hydrogen-bond donors (Lipinski definition) is 1. The summed E-state index contributed by atoms with van der Waals surface area (Å²) in [6.07, 6.45) is 3.19. The van der Waals surface area contributed by atoms with Gasteiger partial charge >= 0.3 is 0 Å². The molecule has 0 aliphatic heterocycles. The van der Waals surface area contributed by atoms with Crippen molar-refractivity contribution in [2.45, 2.75) is 33.5 Å². The molecule has 3 heteroatoms. The van der Waals surface area contributed by atoms with Crippen molar-refractivity contribution in [3.05, 3.63) is 58.9 Å².